The van der Waals surface area contributed by atoms with Crippen molar-refractivity contribution in [1.82, 2.24) is 10.4 Å². The van der Waals surface area contributed by atoms with Crippen molar-refractivity contribution in [2.45, 2.75) is 51.0 Å². The molecule has 138 valence electrons. The molecule has 1 saturated heterocycles. The van der Waals surface area contributed by atoms with Crippen molar-refractivity contribution in [3.63, 3.8) is 0 Å². The molecule has 4 aliphatic rings. The fourth-order valence-electron chi connectivity index (χ4n) is 6.62. The Labute approximate surface area is 155 Å². The number of hydrazine groups is 1. The zero-order chi connectivity index (χ0) is 17.7. The van der Waals surface area contributed by atoms with E-state index in [1.165, 1.54) is 38.5 Å². The van der Waals surface area contributed by atoms with Gasteiger partial charge in [0.25, 0.3) is 0 Å². The summed E-state index contributed by atoms with van der Waals surface area (Å²) < 4.78 is 0. The molecule has 4 fully saturated rings. The van der Waals surface area contributed by atoms with Gasteiger partial charge in [0.1, 0.15) is 6.54 Å². The zero-order valence-corrected chi connectivity index (χ0v) is 15.3. The van der Waals surface area contributed by atoms with E-state index in [0.29, 0.717) is 23.4 Å². The van der Waals surface area contributed by atoms with E-state index in [1.54, 1.807) is 5.01 Å². The fraction of sp³-hybridized carbons (Fsp3) is 0.636. The summed E-state index contributed by atoms with van der Waals surface area (Å²) in [4.78, 5) is 25.8. The van der Waals surface area contributed by atoms with Crippen molar-refractivity contribution < 1.29 is 9.59 Å². The van der Waals surface area contributed by atoms with Crippen molar-refractivity contribution in [3.05, 3.63) is 35.9 Å². The molecule has 4 nitrogen and oxygen atoms in total. The number of nitrogens with one attached hydrogen (secondary N) is 1. The summed E-state index contributed by atoms with van der Waals surface area (Å²) in [6.07, 6.45) is 8.79. The van der Waals surface area contributed by atoms with Crippen LogP contribution < -0.4 is 5.43 Å². The molecule has 3 saturated carbocycles. The van der Waals surface area contributed by atoms with Crippen LogP contribution in [0.5, 0.6) is 0 Å². The number of carbonyl (C=O) groups is 2. The van der Waals surface area contributed by atoms with Crippen LogP contribution in [0, 0.1) is 29.6 Å². The molecule has 4 heteroatoms. The van der Waals surface area contributed by atoms with Gasteiger partial charge in [-0.25, -0.2) is 5.43 Å². The second-order valence-electron chi connectivity index (χ2n) is 8.76. The number of nitrogens with zero attached hydrogens (tertiary/aromatic N) is 1. The Morgan fingerprint density at radius 1 is 0.962 bits per heavy atom. The van der Waals surface area contributed by atoms with Crippen LogP contribution in [0.1, 0.15) is 55.3 Å². The Morgan fingerprint density at radius 2 is 1.69 bits per heavy atom. The van der Waals surface area contributed by atoms with Crippen LogP contribution in [-0.4, -0.2) is 29.3 Å². The molecule has 1 heterocycles. The lowest BCUT2D eigenvalue weighted by Gasteiger charge is -2.46. The van der Waals surface area contributed by atoms with Gasteiger partial charge in [-0.2, -0.15) is 0 Å². The summed E-state index contributed by atoms with van der Waals surface area (Å²) in [5.41, 5.74) is 4.24. The molecule has 0 spiro atoms. The van der Waals surface area contributed by atoms with Crippen molar-refractivity contribution in [2.75, 3.05) is 6.54 Å². The van der Waals surface area contributed by atoms with Crippen molar-refractivity contribution >= 4 is 11.7 Å². The third-order valence-electron chi connectivity index (χ3n) is 7.60. The second-order valence-corrected chi connectivity index (χ2v) is 8.76. The van der Waals surface area contributed by atoms with Crippen LogP contribution in [0.3, 0.4) is 0 Å². The van der Waals surface area contributed by atoms with Crippen LogP contribution in [-0.2, 0) is 4.79 Å². The Balaban J connectivity index is 1.40. The fourth-order valence-corrected chi connectivity index (χ4v) is 6.62. The van der Waals surface area contributed by atoms with Gasteiger partial charge in [0, 0.05) is 17.5 Å². The lowest BCUT2D eigenvalue weighted by molar-refractivity contribution is -0.150. The standard InChI is InChI=1S/C22H28N2O2/c25-19(14-7-2-1-3-8-14)13-24-22(26)18-12-6-11-16-15-9-4-5-10-17(15)21(23-24)20(16)18/h1-3,7-8,15-18,20-21,23H,4-6,9-13H2. The number of benzene rings is 1. The van der Waals surface area contributed by atoms with Gasteiger partial charge < -0.3 is 0 Å². The largest absolute Gasteiger partial charge is 0.292 e. The molecule has 1 N–H and O–H groups in total. The van der Waals surface area contributed by atoms with Gasteiger partial charge in [-0.1, -0.05) is 49.6 Å². The van der Waals surface area contributed by atoms with E-state index in [9.17, 15) is 9.59 Å². The summed E-state index contributed by atoms with van der Waals surface area (Å²) in [7, 11) is 0. The second kappa shape index (κ2) is 6.49. The monoisotopic (exact) mass is 352 g/mol. The summed E-state index contributed by atoms with van der Waals surface area (Å²) >= 11 is 0. The number of carbonyl (C=O) groups excluding carboxylic acids is 2. The number of hydrogen-bond donors (Lipinski definition) is 1. The van der Waals surface area contributed by atoms with Gasteiger partial charge in [-0.3, -0.25) is 14.6 Å². The van der Waals surface area contributed by atoms with Gasteiger partial charge in [0.2, 0.25) is 5.91 Å². The van der Waals surface area contributed by atoms with Crippen molar-refractivity contribution in [2.24, 2.45) is 29.6 Å². The van der Waals surface area contributed by atoms with Crippen molar-refractivity contribution in [1.29, 1.82) is 0 Å². The maximum atomic E-state index is 13.2. The first-order valence-electron chi connectivity index (χ1n) is 10.4. The van der Waals surface area contributed by atoms with Gasteiger partial charge in [0.15, 0.2) is 5.78 Å². The Kier molecular flexibility index (Phi) is 4.11. The van der Waals surface area contributed by atoms with Gasteiger partial charge in [-0.05, 0) is 49.4 Å². The highest BCUT2D eigenvalue weighted by molar-refractivity contribution is 5.99. The molecule has 6 atom stereocenters. The Hall–Kier alpha value is -1.68. The highest BCUT2D eigenvalue weighted by Gasteiger charge is 2.58. The van der Waals surface area contributed by atoms with Gasteiger partial charge in [0.05, 0.1) is 0 Å². The van der Waals surface area contributed by atoms with E-state index in [2.05, 4.69) is 5.43 Å². The number of rotatable bonds is 3. The Morgan fingerprint density at radius 3 is 2.50 bits per heavy atom. The van der Waals surface area contributed by atoms with E-state index in [4.69, 9.17) is 0 Å². The molecule has 3 aliphatic carbocycles. The summed E-state index contributed by atoms with van der Waals surface area (Å²) in [5.74, 6) is 3.05. The summed E-state index contributed by atoms with van der Waals surface area (Å²) in [6, 6.07) is 9.74. The molecule has 5 rings (SSSR count). The molecule has 1 aromatic carbocycles. The highest BCUT2D eigenvalue weighted by Crippen LogP contribution is 2.57. The minimum Gasteiger partial charge on any atom is -0.292 e. The number of amides is 1. The SMILES string of the molecule is O=C(CN1NC2C3CCCCC3C3CCCC(C1=O)C32)c1ccccc1. The molecule has 1 amide bonds. The summed E-state index contributed by atoms with van der Waals surface area (Å²) in [5, 5.41) is 1.68. The molecular weight excluding hydrogens is 324 g/mol. The first-order chi connectivity index (χ1) is 12.7. The number of Topliss-reactive ketones (excluding diaryl/α,β-unsaturated/α-hetero) is 1. The third kappa shape index (κ3) is 2.53. The first kappa shape index (κ1) is 16.5. The van der Waals surface area contributed by atoms with Gasteiger partial charge in [-0.15, -0.1) is 0 Å². The number of ketones is 1. The molecule has 0 aromatic heterocycles. The van der Waals surface area contributed by atoms with Gasteiger partial charge >= 0.3 is 0 Å². The predicted octanol–water partition coefficient (Wildman–Crippen LogP) is 3.44. The van der Waals surface area contributed by atoms with E-state index in [-0.39, 0.29) is 24.2 Å². The minimum absolute atomic E-state index is 0.0236. The van der Waals surface area contributed by atoms with Crippen LogP contribution in [0.15, 0.2) is 30.3 Å². The van der Waals surface area contributed by atoms with Crippen LogP contribution in [0.2, 0.25) is 0 Å². The molecule has 0 radical (unpaired) electrons. The maximum absolute atomic E-state index is 13.2. The molecular formula is C22H28N2O2. The summed E-state index contributed by atoms with van der Waals surface area (Å²) in [6.45, 7) is 0.157. The Bertz CT molecular complexity index is 703. The minimum atomic E-state index is 0.0236. The number of hydrogen-bond acceptors (Lipinski definition) is 3. The van der Waals surface area contributed by atoms with Crippen LogP contribution in [0.25, 0.3) is 0 Å². The molecule has 1 aliphatic heterocycles. The maximum Gasteiger partial charge on any atom is 0.240 e. The average Bonchev–Trinajstić information content (AvgIpc) is 3.01. The van der Waals surface area contributed by atoms with Crippen molar-refractivity contribution in [3.8, 4) is 0 Å². The third-order valence-corrected chi connectivity index (χ3v) is 7.60. The van der Waals surface area contributed by atoms with E-state index < -0.39 is 0 Å². The lowest BCUT2D eigenvalue weighted by atomic mass is 9.68. The van der Waals surface area contributed by atoms with Crippen LogP contribution in [0.4, 0.5) is 0 Å². The number of fused-ring (bicyclic) bond motifs is 3. The van der Waals surface area contributed by atoms with E-state index >= 15 is 0 Å². The molecule has 1 aromatic rings. The quantitative estimate of drug-likeness (QED) is 0.848. The normalized spacial score (nSPS) is 38.6. The molecule has 6 unspecified atom stereocenters. The average molecular weight is 352 g/mol. The van der Waals surface area contributed by atoms with E-state index in [0.717, 1.165) is 18.3 Å². The molecule has 0 bridgehead atoms. The highest BCUT2D eigenvalue weighted by atomic mass is 16.2. The predicted molar refractivity (Wildman–Crippen MR) is 99.2 cm³/mol. The topological polar surface area (TPSA) is 49.4 Å². The molecule has 26 heavy (non-hydrogen) atoms. The lowest BCUT2D eigenvalue weighted by Crippen LogP contribution is -2.63. The van der Waals surface area contributed by atoms with Crippen LogP contribution >= 0.6 is 0 Å². The zero-order valence-electron chi connectivity index (χ0n) is 15.3. The van der Waals surface area contributed by atoms with E-state index in [1.807, 2.05) is 30.3 Å². The first-order valence-corrected chi connectivity index (χ1v) is 10.4. The smallest absolute Gasteiger partial charge is 0.240 e.